The number of rotatable bonds is 2. The van der Waals surface area contributed by atoms with Crippen LogP contribution in [0.25, 0.3) is 0 Å². The minimum Gasteiger partial charge on any atom is -0.426 e. The van der Waals surface area contributed by atoms with Crippen molar-refractivity contribution in [2.24, 2.45) is 0 Å². The maximum atomic E-state index is 9.96. The molecule has 0 aromatic rings. The molecule has 8 heavy (non-hydrogen) atoms. The molecule has 0 spiro atoms. The third-order valence-corrected chi connectivity index (χ3v) is 0.680. The molecule has 0 aromatic heterocycles. The summed E-state index contributed by atoms with van der Waals surface area (Å²) in [5.74, 6) is 0. The average Bonchev–Trinajstić information content (AvgIpc) is 1.66. The Morgan fingerprint density at radius 2 is 2.50 bits per heavy atom. The van der Waals surface area contributed by atoms with Gasteiger partial charge in [-0.3, -0.25) is 0 Å². The first-order valence-electron chi connectivity index (χ1n) is 2.28. The Morgan fingerprint density at radius 3 is 2.88 bits per heavy atom. The predicted octanol–water partition coefficient (Wildman–Crippen LogP) is 2.44. The van der Waals surface area contributed by atoms with Crippen LogP contribution < -0.4 is 0 Å². The van der Waals surface area contributed by atoms with Crippen LogP contribution in [0.15, 0.2) is 12.3 Å². The molecule has 0 unspecified atom stereocenters. The van der Waals surface area contributed by atoms with Gasteiger partial charge in [0.2, 0.25) is 0 Å². The number of carbonyl (C=O) groups is 1. The van der Waals surface area contributed by atoms with Crippen molar-refractivity contribution in [3.05, 3.63) is 12.3 Å². The molecule has 0 radical (unpaired) electrons. The molecule has 46 valence electrons. The van der Waals surface area contributed by atoms with Gasteiger partial charge in [0.05, 0.1) is 6.26 Å². The average molecular weight is 179 g/mol. The summed E-state index contributed by atoms with van der Waals surface area (Å²) in [6.45, 7) is 1.96. The fourth-order valence-electron chi connectivity index (χ4n) is 0.198. The molecule has 0 rings (SSSR count). The molecule has 2 nitrogen and oxygen atoms in total. The lowest BCUT2D eigenvalue weighted by Gasteiger charge is -1.84. The van der Waals surface area contributed by atoms with Crippen molar-refractivity contribution >= 4 is 20.8 Å². The number of carbonyl (C=O) groups excluding carboxylic acids is 1. The first kappa shape index (κ1) is 7.69. The smallest absolute Gasteiger partial charge is 0.379 e. The van der Waals surface area contributed by atoms with E-state index in [0.29, 0.717) is 0 Å². The van der Waals surface area contributed by atoms with E-state index in [2.05, 4.69) is 20.7 Å². The Bertz CT molecular complexity index is 98.6. The highest BCUT2D eigenvalue weighted by atomic mass is 79.9. The Labute approximate surface area is 56.7 Å². The molecule has 0 aromatic carbocycles. The van der Waals surface area contributed by atoms with Gasteiger partial charge in [-0.25, -0.2) is 4.79 Å². The molecule has 0 atom stereocenters. The van der Waals surface area contributed by atoms with Crippen molar-refractivity contribution in [1.82, 2.24) is 0 Å². The summed E-state index contributed by atoms with van der Waals surface area (Å²) in [7, 11) is 0. The molecule has 3 heteroatoms. The monoisotopic (exact) mass is 178 g/mol. The van der Waals surface area contributed by atoms with Crippen molar-refractivity contribution < 1.29 is 9.53 Å². The van der Waals surface area contributed by atoms with E-state index < -0.39 is 4.88 Å². The van der Waals surface area contributed by atoms with Crippen molar-refractivity contribution in [1.29, 1.82) is 0 Å². The third-order valence-electron chi connectivity index (χ3n) is 0.493. The normalized spacial score (nSPS) is 9.75. The highest BCUT2D eigenvalue weighted by Gasteiger charge is 1.84. The highest BCUT2D eigenvalue weighted by Crippen LogP contribution is 1.91. The first-order chi connectivity index (χ1) is 3.77. The van der Waals surface area contributed by atoms with Crippen molar-refractivity contribution in [2.75, 3.05) is 0 Å². The zero-order chi connectivity index (χ0) is 6.41. The molecule has 0 heterocycles. The lowest BCUT2D eigenvalue weighted by Crippen LogP contribution is -1.80. The number of hydrogen-bond acceptors (Lipinski definition) is 2. The molecule has 0 fully saturated rings. The van der Waals surface area contributed by atoms with Gasteiger partial charge in [-0.05, 0) is 12.5 Å². The molecule has 0 bridgehead atoms. The lowest BCUT2D eigenvalue weighted by atomic mass is 10.5. The van der Waals surface area contributed by atoms with Crippen LogP contribution in [0.4, 0.5) is 4.79 Å². The maximum Gasteiger partial charge on any atom is 0.379 e. The molecule has 0 amide bonds. The Kier molecular flexibility index (Phi) is 4.65. The van der Waals surface area contributed by atoms with Gasteiger partial charge in [0.15, 0.2) is 0 Å². The largest absolute Gasteiger partial charge is 0.426 e. The first-order valence-corrected chi connectivity index (χ1v) is 3.07. The fraction of sp³-hybridized carbons (Fsp3) is 0.400. The minimum atomic E-state index is -0.456. The molecule has 0 aliphatic rings. The SMILES string of the molecule is CCC=COC(=O)Br. The van der Waals surface area contributed by atoms with Gasteiger partial charge in [0.25, 0.3) is 0 Å². The van der Waals surface area contributed by atoms with Crippen LogP contribution in [0.5, 0.6) is 0 Å². The summed E-state index contributed by atoms with van der Waals surface area (Å²) in [5, 5.41) is 0. The molecule has 0 aliphatic heterocycles. The van der Waals surface area contributed by atoms with Gasteiger partial charge in [-0.15, -0.1) is 0 Å². The fourth-order valence-corrected chi connectivity index (χ4v) is 0.306. The van der Waals surface area contributed by atoms with Crippen LogP contribution in [-0.2, 0) is 4.74 Å². The zero-order valence-corrected chi connectivity index (χ0v) is 6.14. The van der Waals surface area contributed by atoms with Crippen LogP contribution in [0.3, 0.4) is 0 Å². The molecule has 0 aliphatic carbocycles. The second-order valence-electron chi connectivity index (χ2n) is 1.14. The van der Waals surface area contributed by atoms with Gasteiger partial charge in [0, 0.05) is 15.9 Å². The molecule has 0 saturated carbocycles. The van der Waals surface area contributed by atoms with Gasteiger partial charge in [-0.1, -0.05) is 6.92 Å². The maximum absolute atomic E-state index is 9.96. The van der Waals surface area contributed by atoms with E-state index in [1.54, 1.807) is 6.08 Å². The standard InChI is InChI=1S/C5H7BrO2/c1-2-3-4-8-5(6)7/h3-4H,2H2,1H3. The van der Waals surface area contributed by atoms with Crippen molar-refractivity contribution in [2.45, 2.75) is 13.3 Å². The van der Waals surface area contributed by atoms with Crippen LogP contribution in [0.1, 0.15) is 13.3 Å². The topological polar surface area (TPSA) is 26.3 Å². The molecule has 0 saturated heterocycles. The van der Waals surface area contributed by atoms with Gasteiger partial charge in [0.1, 0.15) is 0 Å². The summed E-state index contributed by atoms with van der Waals surface area (Å²) in [4.78, 5) is 9.51. The van der Waals surface area contributed by atoms with Crippen LogP contribution in [-0.4, -0.2) is 4.88 Å². The van der Waals surface area contributed by atoms with E-state index in [-0.39, 0.29) is 0 Å². The van der Waals surface area contributed by atoms with Crippen molar-refractivity contribution in [3.63, 3.8) is 0 Å². The number of hydrogen-bond donors (Lipinski definition) is 0. The Hall–Kier alpha value is -0.310. The number of allylic oxidation sites excluding steroid dienone is 1. The minimum absolute atomic E-state index is 0.456. The zero-order valence-electron chi connectivity index (χ0n) is 4.56. The van der Waals surface area contributed by atoms with Crippen LogP contribution in [0, 0.1) is 0 Å². The van der Waals surface area contributed by atoms with Crippen molar-refractivity contribution in [3.8, 4) is 0 Å². The molecular weight excluding hydrogens is 172 g/mol. The van der Waals surface area contributed by atoms with Crippen LogP contribution >= 0.6 is 15.9 Å². The molecule has 0 N–H and O–H groups in total. The van der Waals surface area contributed by atoms with Gasteiger partial charge < -0.3 is 4.74 Å². The lowest BCUT2D eigenvalue weighted by molar-refractivity contribution is 0.215. The summed E-state index contributed by atoms with van der Waals surface area (Å²) in [6, 6.07) is 0. The third kappa shape index (κ3) is 5.69. The second-order valence-corrected chi connectivity index (χ2v) is 1.78. The van der Waals surface area contributed by atoms with E-state index in [4.69, 9.17) is 0 Å². The number of ether oxygens (including phenoxy) is 1. The highest BCUT2D eigenvalue weighted by molar-refractivity contribution is 9.18. The van der Waals surface area contributed by atoms with E-state index in [0.717, 1.165) is 6.42 Å². The van der Waals surface area contributed by atoms with Gasteiger partial charge >= 0.3 is 4.88 Å². The summed E-state index contributed by atoms with van der Waals surface area (Å²) in [5.41, 5.74) is 0. The predicted molar refractivity (Wildman–Crippen MR) is 34.8 cm³/mol. The summed E-state index contributed by atoms with van der Waals surface area (Å²) in [6.07, 6.45) is 3.98. The number of halogens is 1. The van der Waals surface area contributed by atoms with E-state index in [1.165, 1.54) is 6.26 Å². The van der Waals surface area contributed by atoms with E-state index in [1.807, 2.05) is 6.92 Å². The second kappa shape index (κ2) is 4.84. The van der Waals surface area contributed by atoms with E-state index in [9.17, 15) is 4.79 Å². The van der Waals surface area contributed by atoms with Gasteiger partial charge in [-0.2, -0.15) is 0 Å². The summed E-state index contributed by atoms with van der Waals surface area (Å²) >= 11 is 2.59. The van der Waals surface area contributed by atoms with Crippen LogP contribution in [0.2, 0.25) is 0 Å². The van der Waals surface area contributed by atoms with E-state index >= 15 is 0 Å². The summed E-state index contributed by atoms with van der Waals surface area (Å²) < 4.78 is 4.38. The Balaban J connectivity index is 3.16. The Morgan fingerprint density at radius 1 is 1.88 bits per heavy atom. The quantitative estimate of drug-likeness (QED) is 0.480. The molecular formula is C5H7BrO2.